The van der Waals surface area contributed by atoms with Crippen molar-refractivity contribution in [1.82, 2.24) is 9.88 Å². The molecule has 1 atom stereocenters. The molecule has 4 rings (SSSR count). The van der Waals surface area contributed by atoms with Crippen LogP contribution in [0.1, 0.15) is 35.2 Å². The minimum absolute atomic E-state index is 0.251. The summed E-state index contributed by atoms with van der Waals surface area (Å²) in [7, 11) is 2.16. The summed E-state index contributed by atoms with van der Waals surface area (Å²) in [4.78, 5) is 6.95. The van der Waals surface area contributed by atoms with Crippen LogP contribution in [0.25, 0.3) is 0 Å². The number of aryl methyl sites for hydroxylation is 2. The first-order chi connectivity index (χ1) is 11.2. The number of hydrogen-bond donors (Lipinski definition) is 1. The molecule has 0 saturated carbocycles. The molecule has 0 amide bonds. The van der Waals surface area contributed by atoms with Gasteiger partial charge in [0.15, 0.2) is 0 Å². The molecule has 0 radical (unpaired) electrons. The van der Waals surface area contributed by atoms with Gasteiger partial charge < -0.3 is 10.0 Å². The van der Waals surface area contributed by atoms with Crippen LogP contribution in [0, 0.1) is 5.92 Å². The fourth-order valence-corrected chi connectivity index (χ4v) is 4.36. The lowest BCUT2D eigenvalue weighted by Crippen LogP contribution is -2.43. The first-order valence-corrected chi connectivity index (χ1v) is 8.63. The van der Waals surface area contributed by atoms with Crippen molar-refractivity contribution in [2.45, 2.75) is 31.3 Å². The molecule has 1 aromatic carbocycles. The topological polar surface area (TPSA) is 36.4 Å². The molecular formula is C20H24N2O. The van der Waals surface area contributed by atoms with E-state index in [1.54, 1.807) is 0 Å². The first kappa shape index (κ1) is 14.9. The third-order valence-electron chi connectivity index (χ3n) is 5.67. The molecule has 1 fully saturated rings. The zero-order chi connectivity index (χ0) is 15.9. The van der Waals surface area contributed by atoms with Crippen LogP contribution in [-0.4, -0.2) is 35.1 Å². The van der Waals surface area contributed by atoms with Crippen LogP contribution in [0.5, 0.6) is 0 Å². The van der Waals surface area contributed by atoms with Crippen molar-refractivity contribution in [3.63, 3.8) is 0 Å². The van der Waals surface area contributed by atoms with Gasteiger partial charge in [0.25, 0.3) is 0 Å². The summed E-state index contributed by atoms with van der Waals surface area (Å²) < 4.78 is 0. The van der Waals surface area contributed by atoms with E-state index in [0.717, 1.165) is 55.6 Å². The van der Waals surface area contributed by atoms with E-state index in [2.05, 4.69) is 47.3 Å². The minimum Gasteiger partial charge on any atom is -0.380 e. The molecule has 2 aromatic rings. The molecule has 1 aliphatic carbocycles. The number of rotatable bonds is 1. The highest BCUT2D eigenvalue weighted by Gasteiger charge is 2.44. The summed E-state index contributed by atoms with van der Waals surface area (Å²) in [6.45, 7) is 2.09. The van der Waals surface area contributed by atoms with Gasteiger partial charge in [0.05, 0.1) is 0 Å². The summed E-state index contributed by atoms with van der Waals surface area (Å²) in [6.07, 6.45) is 5.76. The molecule has 3 heteroatoms. The Bertz CT molecular complexity index is 657. The Morgan fingerprint density at radius 3 is 2.61 bits per heavy atom. The largest absolute Gasteiger partial charge is 0.380 e. The van der Waals surface area contributed by atoms with E-state index in [-0.39, 0.29) is 5.92 Å². The fraction of sp³-hybridized carbons (Fsp3) is 0.450. The maximum absolute atomic E-state index is 12.0. The average molecular weight is 308 g/mol. The fourth-order valence-electron chi connectivity index (χ4n) is 4.36. The smallest absolute Gasteiger partial charge is 0.120 e. The van der Waals surface area contributed by atoms with E-state index < -0.39 is 5.60 Å². The highest BCUT2D eigenvalue weighted by Crippen LogP contribution is 2.45. The molecule has 0 spiro atoms. The molecule has 120 valence electrons. The summed E-state index contributed by atoms with van der Waals surface area (Å²) >= 11 is 0. The van der Waals surface area contributed by atoms with E-state index >= 15 is 0 Å². The zero-order valence-electron chi connectivity index (χ0n) is 13.7. The second kappa shape index (κ2) is 5.73. The lowest BCUT2D eigenvalue weighted by atomic mass is 9.71. The van der Waals surface area contributed by atoms with Gasteiger partial charge >= 0.3 is 0 Å². The minimum atomic E-state index is -0.905. The van der Waals surface area contributed by atoms with Gasteiger partial charge in [-0.1, -0.05) is 30.3 Å². The van der Waals surface area contributed by atoms with Crippen molar-refractivity contribution in [2.24, 2.45) is 5.92 Å². The van der Waals surface area contributed by atoms with Crippen molar-refractivity contribution in [3.8, 4) is 0 Å². The van der Waals surface area contributed by atoms with E-state index in [4.69, 9.17) is 0 Å². The number of likely N-dealkylation sites (tertiary alicyclic amines) is 1. The van der Waals surface area contributed by atoms with Crippen molar-refractivity contribution in [2.75, 3.05) is 20.1 Å². The van der Waals surface area contributed by atoms with Crippen LogP contribution in [0.4, 0.5) is 0 Å². The predicted molar refractivity (Wildman–Crippen MR) is 91.3 cm³/mol. The van der Waals surface area contributed by atoms with Crippen molar-refractivity contribution in [3.05, 3.63) is 65.0 Å². The number of piperidine rings is 1. The van der Waals surface area contributed by atoms with Gasteiger partial charge in [-0.05, 0) is 68.9 Å². The molecule has 1 unspecified atom stereocenters. The molecule has 1 aromatic heterocycles. The van der Waals surface area contributed by atoms with Gasteiger partial charge in [0.2, 0.25) is 0 Å². The summed E-state index contributed by atoms with van der Waals surface area (Å²) in [5.41, 5.74) is 3.55. The number of fused-ring (bicyclic) bond motifs is 2. The molecule has 0 bridgehead atoms. The number of benzene rings is 1. The number of hydrogen-bond acceptors (Lipinski definition) is 3. The Morgan fingerprint density at radius 2 is 1.78 bits per heavy atom. The second-order valence-electron chi connectivity index (χ2n) is 7.00. The van der Waals surface area contributed by atoms with Crippen molar-refractivity contribution >= 4 is 0 Å². The number of nitrogens with zero attached hydrogens (tertiary/aromatic N) is 2. The van der Waals surface area contributed by atoms with Crippen molar-refractivity contribution in [1.29, 1.82) is 0 Å². The lowest BCUT2D eigenvalue weighted by Gasteiger charge is -2.42. The SMILES string of the molecule is CN1CCC(C2(O)c3ccccc3CCc3ncccc32)CC1. The summed E-state index contributed by atoms with van der Waals surface area (Å²) in [6, 6.07) is 12.5. The first-order valence-electron chi connectivity index (χ1n) is 8.63. The van der Waals surface area contributed by atoms with Crippen LogP contribution in [0.2, 0.25) is 0 Å². The molecule has 1 N–H and O–H groups in total. The van der Waals surface area contributed by atoms with Gasteiger partial charge in [0, 0.05) is 17.5 Å². The Hall–Kier alpha value is -1.71. The Balaban J connectivity index is 1.89. The maximum Gasteiger partial charge on any atom is 0.120 e. The number of pyridine rings is 1. The monoisotopic (exact) mass is 308 g/mol. The van der Waals surface area contributed by atoms with Crippen molar-refractivity contribution < 1.29 is 5.11 Å². The van der Waals surface area contributed by atoms with Gasteiger partial charge in [0.1, 0.15) is 5.60 Å². The lowest BCUT2D eigenvalue weighted by molar-refractivity contribution is -0.0116. The normalized spacial score (nSPS) is 25.5. The summed E-state index contributed by atoms with van der Waals surface area (Å²) in [5.74, 6) is 0.251. The maximum atomic E-state index is 12.0. The van der Waals surface area contributed by atoms with Gasteiger partial charge in [-0.25, -0.2) is 0 Å². The molecule has 1 aliphatic heterocycles. The average Bonchev–Trinajstić information content (AvgIpc) is 2.72. The summed E-state index contributed by atoms with van der Waals surface area (Å²) in [5, 5.41) is 12.0. The molecular weight excluding hydrogens is 284 g/mol. The predicted octanol–water partition coefficient (Wildman–Crippen LogP) is 2.76. The van der Waals surface area contributed by atoms with E-state index in [1.807, 2.05) is 12.3 Å². The zero-order valence-corrected chi connectivity index (χ0v) is 13.7. The van der Waals surface area contributed by atoms with Crippen LogP contribution >= 0.6 is 0 Å². The third-order valence-corrected chi connectivity index (χ3v) is 5.67. The Kier molecular flexibility index (Phi) is 3.70. The molecule has 23 heavy (non-hydrogen) atoms. The van der Waals surface area contributed by atoms with Crippen LogP contribution in [-0.2, 0) is 18.4 Å². The van der Waals surface area contributed by atoms with E-state index in [1.165, 1.54) is 5.56 Å². The van der Waals surface area contributed by atoms with Gasteiger partial charge in [-0.3, -0.25) is 4.98 Å². The van der Waals surface area contributed by atoms with E-state index in [0.29, 0.717) is 0 Å². The highest BCUT2D eigenvalue weighted by atomic mass is 16.3. The van der Waals surface area contributed by atoms with Crippen LogP contribution in [0.3, 0.4) is 0 Å². The Morgan fingerprint density at radius 1 is 1.04 bits per heavy atom. The molecule has 1 saturated heterocycles. The Labute approximate surface area is 138 Å². The van der Waals surface area contributed by atoms with E-state index in [9.17, 15) is 5.11 Å². The second-order valence-corrected chi connectivity index (χ2v) is 7.00. The van der Waals surface area contributed by atoms with Crippen LogP contribution in [0.15, 0.2) is 42.6 Å². The van der Waals surface area contributed by atoms with Crippen LogP contribution < -0.4 is 0 Å². The molecule has 3 nitrogen and oxygen atoms in total. The molecule has 2 heterocycles. The standard InChI is InChI=1S/C20H24N2O/c1-22-13-10-16(11-14-22)20(23)17-6-3-2-5-15(17)8-9-19-18(20)7-4-12-21-19/h2-7,12,16,23H,8-11,13-14H2,1H3. The van der Waals surface area contributed by atoms with Gasteiger partial charge in [-0.2, -0.15) is 0 Å². The molecule has 2 aliphatic rings. The third kappa shape index (κ3) is 2.39. The quantitative estimate of drug-likeness (QED) is 0.880. The highest BCUT2D eigenvalue weighted by molar-refractivity contribution is 5.46. The van der Waals surface area contributed by atoms with Gasteiger partial charge in [-0.15, -0.1) is 0 Å². The number of aliphatic hydroxyl groups is 1. The number of aromatic nitrogens is 1.